The maximum absolute atomic E-state index is 8.17. The quantitative estimate of drug-likeness (QED) is 0.704. The number of H-pyrrole nitrogens is 1. The first-order valence-electron chi connectivity index (χ1n) is 2.78. The smallest absolute Gasteiger partial charge is 0.107 e. The summed E-state index contributed by atoms with van der Waals surface area (Å²) in [7, 11) is 0. The Kier molecular flexibility index (Phi) is 4.34. The Bertz CT molecular complexity index is 199. The molecule has 1 heterocycles. The first-order chi connectivity index (χ1) is 4.43. The van der Waals surface area contributed by atoms with Crippen LogP contribution in [0.5, 0.6) is 0 Å². The predicted molar refractivity (Wildman–Crippen MR) is 39.8 cm³/mol. The highest BCUT2D eigenvalue weighted by Gasteiger charge is 1.90. The summed E-state index contributed by atoms with van der Waals surface area (Å²) in [6, 6.07) is 2.05. The van der Waals surface area contributed by atoms with E-state index < -0.39 is 0 Å². The van der Waals surface area contributed by atoms with E-state index in [0.717, 1.165) is 12.2 Å². The Hall–Kier alpha value is -1.01. The second kappa shape index (κ2) is 4.83. The minimum Gasteiger partial charge on any atom is -0.349 e. The number of aromatic nitrogens is 2. The lowest BCUT2D eigenvalue weighted by Gasteiger charge is -1.84. The van der Waals surface area contributed by atoms with E-state index in [1.807, 2.05) is 6.07 Å². The van der Waals surface area contributed by atoms with Crippen molar-refractivity contribution in [1.29, 1.82) is 5.26 Å². The molecule has 0 radical (unpaired) electrons. The first kappa shape index (κ1) is 8.99. The number of rotatable bonds is 2. The van der Waals surface area contributed by atoms with Gasteiger partial charge in [0.25, 0.3) is 0 Å². The van der Waals surface area contributed by atoms with Gasteiger partial charge in [0.15, 0.2) is 0 Å². The Balaban J connectivity index is 0.000000810. The van der Waals surface area contributed by atoms with Gasteiger partial charge in [0, 0.05) is 25.2 Å². The molecule has 0 saturated heterocycles. The van der Waals surface area contributed by atoms with Crippen molar-refractivity contribution in [3.63, 3.8) is 0 Å². The molecule has 54 valence electrons. The predicted octanol–water partition coefficient (Wildman–Crippen LogP) is 1.29. The zero-order chi connectivity index (χ0) is 6.53. The molecule has 1 rings (SSSR count). The molecule has 4 heteroatoms. The zero-order valence-corrected chi connectivity index (χ0v) is 6.19. The maximum Gasteiger partial charge on any atom is 0.107 e. The van der Waals surface area contributed by atoms with Crippen molar-refractivity contribution in [3.8, 4) is 6.07 Å². The molecule has 0 amide bonds. The van der Waals surface area contributed by atoms with Gasteiger partial charge in [-0.2, -0.15) is 5.26 Å². The van der Waals surface area contributed by atoms with Crippen LogP contribution in [-0.4, -0.2) is 9.97 Å². The van der Waals surface area contributed by atoms with Crippen molar-refractivity contribution in [3.05, 3.63) is 18.2 Å². The summed E-state index contributed by atoms with van der Waals surface area (Å²) < 4.78 is 0. The van der Waals surface area contributed by atoms with E-state index in [1.54, 1.807) is 12.4 Å². The largest absolute Gasteiger partial charge is 0.349 e. The van der Waals surface area contributed by atoms with Crippen molar-refractivity contribution < 1.29 is 0 Å². The third-order valence-corrected chi connectivity index (χ3v) is 1.03. The van der Waals surface area contributed by atoms with E-state index in [2.05, 4.69) is 9.97 Å². The van der Waals surface area contributed by atoms with E-state index in [1.165, 1.54) is 0 Å². The minimum atomic E-state index is 0. The van der Waals surface area contributed by atoms with Crippen LogP contribution in [0.1, 0.15) is 12.2 Å². The number of nitriles is 1. The highest BCUT2D eigenvalue weighted by molar-refractivity contribution is 5.85. The number of nitrogens with zero attached hydrogens (tertiary/aromatic N) is 2. The molecular formula is C6H8ClN3. The second-order valence-electron chi connectivity index (χ2n) is 1.69. The van der Waals surface area contributed by atoms with E-state index in [4.69, 9.17) is 5.26 Å². The summed E-state index contributed by atoms with van der Waals surface area (Å²) in [4.78, 5) is 6.86. The summed E-state index contributed by atoms with van der Waals surface area (Å²) in [6.07, 6.45) is 4.70. The molecule has 3 nitrogen and oxygen atoms in total. The molecule has 0 bridgehead atoms. The van der Waals surface area contributed by atoms with Crippen LogP contribution in [0, 0.1) is 11.3 Å². The number of hydrogen-bond donors (Lipinski definition) is 1. The Labute approximate surface area is 65.5 Å². The maximum atomic E-state index is 8.17. The number of halogens is 1. The fraction of sp³-hybridized carbons (Fsp3) is 0.333. The molecule has 1 N–H and O–H groups in total. The van der Waals surface area contributed by atoms with Gasteiger partial charge in [-0.25, -0.2) is 4.98 Å². The molecule has 0 fully saturated rings. The molecule has 0 atom stereocenters. The van der Waals surface area contributed by atoms with E-state index >= 15 is 0 Å². The fourth-order valence-corrected chi connectivity index (χ4v) is 0.609. The molecule has 10 heavy (non-hydrogen) atoms. The van der Waals surface area contributed by atoms with Crippen molar-refractivity contribution in [2.45, 2.75) is 12.8 Å². The highest BCUT2D eigenvalue weighted by Crippen LogP contribution is 1.91. The van der Waals surface area contributed by atoms with E-state index in [-0.39, 0.29) is 12.4 Å². The molecule has 1 aromatic heterocycles. The van der Waals surface area contributed by atoms with Crippen LogP contribution >= 0.6 is 12.4 Å². The van der Waals surface area contributed by atoms with Gasteiger partial charge < -0.3 is 4.98 Å². The summed E-state index contributed by atoms with van der Waals surface area (Å²) in [6.45, 7) is 0. The number of aryl methyl sites for hydroxylation is 1. The summed E-state index contributed by atoms with van der Waals surface area (Å²) in [5, 5.41) is 8.17. The summed E-state index contributed by atoms with van der Waals surface area (Å²) >= 11 is 0. The van der Waals surface area contributed by atoms with Crippen molar-refractivity contribution in [1.82, 2.24) is 9.97 Å². The molecule has 1 aromatic rings. The lowest BCUT2D eigenvalue weighted by molar-refractivity contribution is 0.917. The Morgan fingerprint density at radius 1 is 1.70 bits per heavy atom. The van der Waals surface area contributed by atoms with Crippen molar-refractivity contribution in [2.24, 2.45) is 0 Å². The SMILES string of the molecule is Cl.N#CCCc1ncc[nH]1. The van der Waals surface area contributed by atoms with Crippen LogP contribution in [0.2, 0.25) is 0 Å². The molecule has 0 saturated carbocycles. The van der Waals surface area contributed by atoms with Crippen LogP contribution in [0.15, 0.2) is 12.4 Å². The van der Waals surface area contributed by atoms with E-state index in [0.29, 0.717) is 6.42 Å². The van der Waals surface area contributed by atoms with Crippen molar-refractivity contribution in [2.75, 3.05) is 0 Å². The van der Waals surface area contributed by atoms with Crippen LogP contribution in [0.3, 0.4) is 0 Å². The number of nitrogens with one attached hydrogen (secondary N) is 1. The molecule has 0 aliphatic carbocycles. The molecule has 0 aromatic carbocycles. The summed E-state index contributed by atoms with van der Waals surface area (Å²) in [5.74, 6) is 0.886. The second-order valence-corrected chi connectivity index (χ2v) is 1.69. The highest BCUT2D eigenvalue weighted by atomic mass is 35.5. The third kappa shape index (κ3) is 2.51. The Morgan fingerprint density at radius 3 is 3.00 bits per heavy atom. The lowest BCUT2D eigenvalue weighted by atomic mass is 10.3. The van der Waals surface area contributed by atoms with Gasteiger partial charge in [0.1, 0.15) is 5.82 Å². The van der Waals surface area contributed by atoms with Crippen LogP contribution in [0.4, 0.5) is 0 Å². The normalized spacial score (nSPS) is 7.90. The van der Waals surface area contributed by atoms with Crippen LogP contribution < -0.4 is 0 Å². The first-order valence-corrected chi connectivity index (χ1v) is 2.78. The van der Waals surface area contributed by atoms with Gasteiger partial charge >= 0.3 is 0 Å². The minimum absolute atomic E-state index is 0. The van der Waals surface area contributed by atoms with Crippen LogP contribution in [-0.2, 0) is 6.42 Å². The fourth-order valence-electron chi connectivity index (χ4n) is 0.609. The molecule has 0 spiro atoms. The zero-order valence-electron chi connectivity index (χ0n) is 5.37. The number of aromatic amines is 1. The molecule has 0 unspecified atom stereocenters. The van der Waals surface area contributed by atoms with Gasteiger partial charge in [0.05, 0.1) is 6.07 Å². The lowest BCUT2D eigenvalue weighted by Crippen LogP contribution is -1.84. The van der Waals surface area contributed by atoms with Gasteiger partial charge in [-0.05, 0) is 0 Å². The monoisotopic (exact) mass is 157 g/mol. The number of hydrogen-bond acceptors (Lipinski definition) is 2. The topological polar surface area (TPSA) is 52.5 Å². The van der Waals surface area contributed by atoms with Gasteiger partial charge in [-0.15, -0.1) is 12.4 Å². The number of imidazole rings is 1. The molecular weight excluding hydrogens is 150 g/mol. The molecule has 0 aliphatic rings. The third-order valence-electron chi connectivity index (χ3n) is 1.03. The van der Waals surface area contributed by atoms with E-state index in [9.17, 15) is 0 Å². The average molecular weight is 158 g/mol. The molecule has 0 aliphatic heterocycles. The van der Waals surface area contributed by atoms with Gasteiger partial charge in [-0.1, -0.05) is 0 Å². The average Bonchev–Trinajstić information content (AvgIpc) is 2.34. The van der Waals surface area contributed by atoms with Crippen LogP contribution in [0.25, 0.3) is 0 Å². The summed E-state index contributed by atoms with van der Waals surface area (Å²) in [5.41, 5.74) is 0. The van der Waals surface area contributed by atoms with Crippen molar-refractivity contribution >= 4 is 12.4 Å². The Morgan fingerprint density at radius 2 is 2.50 bits per heavy atom. The standard InChI is InChI=1S/C6H7N3.ClH/c7-3-1-2-6-8-4-5-9-6;/h4-5H,1-2H2,(H,8,9);1H. The van der Waals surface area contributed by atoms with Gasteiger partial charge in [-0.3, -0.25) is 0 Å². The van der Waals surface area contributed by atoms with Gasteiger partial charge in [0.2, 0.25) is 0 Å².